The molecule has 1 fully saturated rings. The Kier molecular flexibility index (Phi) is 5.05. The summed E-state index contributed by atoms with van der Waals surface area (Å²) in [6.45, 7) is 2.09. The highest BCUT2D eigenvalue weighted by Crippen LogP contribution is 2.34. The molecule has 2 unspecified atom stereocenters. The van der Waals surface area contributed by atoms with Crippen LogP contribution in [-0.4, -0.2) is 19.3 Å². The molecule has 0 spiro atoms. The lowest BCUT2D eigenvalue weighted by Gasteiger charge is -2.39. The van der Waals surface area contributed by atoms with E-state index in [1.54, 1.807) is 0 Å². The molecule has 1 aliphatic carbocycles. The SMILES string of the molecule is CC1CCCC(CBr)(NS(=O)(=O)c2ccc(F)c(F)c2)C1. The van der Waals surface area contributed by atoms with Crippen LogP contribution in [0.3, 0.4) is 0 Å². The van der Waals surface area contributed by atoms with E-state index in [4.69, 9.17) is 0 Å². The fraction of sp³-hybridized carbons (Fsp3) is 0.571. The van der Waals surface area contributed by atoms with Crippen LogP contribution in [0.1, 0.15) is 32.6 Å². The van der Waals surface area contributed by atoms with Crippen molar-refractivity contribution in [1.82, 2.24) is 4.72 Å². The molecule has 1 aromatic carbocycles. The van der Waals surface area contributed by atoms with Crippen LogP contribution < -0.4 is 4.72 Å². The first-order chi connectivity index (χ1) is 9.78. The molecule has 0 radical (unpaired) electrons. The molecular formula is C14H18BrF2NO2S. The third kappa shape index (κ3) is 3.81. The highest BCUT2D eigenvalue weighted by Gasteiger charge is 2.38. The van der Waals surface area contributed by atoms with Crippen molar-refractivity contribution in [2.75, 3.05) is 5.33 Å². The fourth-order valence-corrected chi connectivity index (χ4v) is 5.18. The van der Waals surface area contributed by atoms with E-state index in [0.717, 1.165) is 37.8 Å². The molecule has 0 saturated heterocycles. The Labute approximate surface area is 132 Å². The van der Waals surface area contributed by atoms with E-state index in [0.29, 0.717) is 17.3 Å². The number of benzene rings is 1. The van der Waals surface area contributed by atoms with E-state index < -0.39 is 27.2 Å². The largest absolute Gasteiger partial charge is 0.241 e. The van der Waals surface area contributed by atoms with Crippen molar-refractivity contribution in [1.29, 1.82) is 0 Å². The van der Waals surface area contributed by atoms with Gasteiger partial charge in [0.2, 0.25) is 10.0 Å². The van der Waals surface area contributed by atoms with Gasteiger partial charge in [0.1, 0.15) is 0 Å². The van der Waals surface area contributed by atoms with Gasteiger partial charge in [-0.3, -0.25) is 0 Å². The molecule has 1 aliphatic rings. The molecule has 2 rings (SSSR count). The van der Waals surface area contributed by atoms with E-state index in [9.17, 15) is 17.2 Å². The second kappa shape index (κ2) is 6.30. The highest BCUT2D eigenvalue weighted by atomic mass is 79.9. The van der Waals surface area contributed by atoms with E-state index in [2.05, 4.69) is 27.6 Å². The number of alkyl halides is 1. The molecule has 0 aromatic heterocycles. The van der Waals surface area contributed by atoms with Crippen LogP contribution >= 0.6 is 15.9 Å². The molecule has 2 atom stereocenters. The maximum absolute atomic E-state index is 13.3. The van der Waals surface area contributed by atoms with Crippen molar-refractivity contribution < 1.29 is 17.2 Å². The number of hydrogen-bond donors (Lipinski definition) is 1. The van der Waals surface area contributed by atoms with Crippen LogP contribution in [0, 0.1) is 17.6 Å². The fourth-order valence-electron chi connectivity index (χ4n) is 2.89. The minimum Gasteiger partial charge on any atom is -0.207 e. The predicted octanol–water partition coefficient (Wildman–Crippen LogP) is 3.59. The van der Waals surface area contributed by atoms with E-state index in [-0.39, 0.29) is 4.90 Å². The Morgan fingerprint density at radius 2 is 2.10 bits per heavy atom. The van der Waals surface area contributed by atoms with Crippen molar-refractivity contribution in [3.8, 4) is 0 Å². The van der Waals surface area contributed by atoms with Gasteiger partial charge in [0.25, 0.3) is 0 Å². The van der Waals surface area contributed by atoms with Gasteiger partial charge in [-0.25, -0.2) is 21.9 Å². The maximum atomic E-state index is 13.3. The normalized spacial score (nSPS) is 26.8. The van der Waals surface area contributed by atoms with Gasteiger partial charge in [-0.2, -0.15) is 0 Å². The second-order valence-corrected chi connectivity index (χ2v) is 8.04. The molecular weight excluding hydrogens is 364 g/mol. The van der Waals surface area contributed by atoms with Crippen LogP contribution in [0.15, 0.2) is 23.1 Å². The molecule has 7 heteroatoms. The first-order valence-electron chi connectivity index (χ1n) is 6.83. The van der Waals surface area contributed by atoms with Crippen LogP contribution in [0.4, 0.5) is 8.78 Å². The number of sulfonamides is 1. The number of rotatable bonds is 4. The zero-order valence-electron chi connectivity index (χ0n) is 11.7. The van der Waals surface area contributed by atoms with Crippen molar-refractivity contribution in [3.05, 3.63) is 29.8 Å². The Morgan fingerprint density at radius 3 is 2.67 bits per heavy atom. The van der Waals surface area contributed by atoms with Gasteiger partial charge >= 0.3 is 0 Å². The van der Waals surface area contributed by atoms with Crippen molar-refractivity contribution in [3.63, 3.8) is 0 Å². The summed E-state index contributed by atoms with van der Waals surface area (Å²) in [6, 6.07) is 2.62. The van der Waals surface area contributed by atoms with Gasteiger partial charge in [0.15, 0.2) is 11.6 Å². The quantitative estimate of drug-likeness (QED) is 0.810. The Hall–Kier alpha value is -0.530. The summed E-state index contributed by atoms with van der Waals surface area (Å²) < 4.78 is 53.7. The Balaban J connectivity index is 2.28. The smallest absolute Gasteiger partial charge is 0.207 e. The average Bonchev–Trinajstić information content (AvgIpc) is 2.41. The van der Waals surface area contributed by atoms with Crippen molar-refractivity contribution >= 4 is 26.0 Å². The molecule has 1 N–H and O–H groups in total. The monoisotopic (exact) mass is 381 g/mol. The van der Waals surface area contributed by atoms with Crippen LogP contribution in [-0.2, 0) is 10.0 Å². The van der Waals surface area contributed by atoms with Crippen molar-refractivity contribution in [2.45, 2.75) is 43.0 Å². The molecule has 118 valence electrons. The standard InChI is InChI=1S/C14H18BrF2NO2S/c1-10-3-2-6-14(8-10,9-15)18-21(19,20)11-4-5-12(16)13(17)7-11/h4-5,7,10,18H,2-3,6,8-9H2,1H3. The highest BCUT2D eigenvalue weighted by molar-refractivity contribution is 9.09. The van der Waals surface area contributed by atoms with E-state index in [1.807, 2.05) is 0 Å². The summed E-state index contributed by atoms with van der Waals surface area (Å²) >= 11 is 3.39. The van der Waals surface area contributed by atoms with Crippen molar-refractivity contribution in [2.24, 2.45) is 5.92 Å². The number of hydrogen-bond acceptors (Lipinski definition) is 2. The predicted molar refractivity (Wildman–Crippen MR) is 80.8 cm³/mol. The lowest BCUT2D eigenvalue weighted by Crippen LogP contribution is -2.52. The topological polar surface area (TPSA) is 46.2 Å². The van der Waals surface area contributed by atoms with Crippen LogP contribution in [0.25, 0.3) is 0 Å². The van der Waals surface area contributed by atoms with Crippen LogP contribution in [0.2, 0.25) is 0 Å². The zero-order valence-corrected chi connectivity index (χ0v) is 14.1. The average molecular weight is 382 g/mol. The summed E-state index contributed by atoms with van der Waals surface area (Å²) in [5.41, 5.74) is -0.568. The first-order valence-corrected chi connectivity index (χ1v) is 9.43. The summed E-state index contributed by atoms with van der Waals surface area (Å²) in [5, 5.41) is 0.493. The van der Waals surface area contributed by atoms with Gasteiger partial charge in [-0.15, -0.1) is 0 Å². The van der Waals surface area contributed by atoms with E-state index >= 15 is 0 Å². The van der Waals surface area contributed by atoms with E-state index in [1.165, 1.54) is 0 Å². The third-order valence-corrected chi connectivity index (χ3v) is 6.55. The summed E-state index contributed by atoms with van der Waals surface area (Å²) in [4.78, 5) is -0.250. The third-order valence-electron chi connectivity index (χ3n) is 3.90. The number of nitrogens with one attached hydrogen (secondary N) is 1. The summed E-state index contributed by atoms with van der Waals surface area (Å²) in [6.07, 6.45) is 3.46. The second-order valence-electron chi connectivity index (χ2n) is 5.80. The van der Waals surface area contributed by atoms with Gasteiger partial charge in [-0.05, 0) is 37.0 Å². The molecule has 0 amide bonds. The Morgan fingerprint density at radius 1 is 1.38 bits per heavy atom. The summed E-state index contributed by atoms with van der Waals surface area (Å²) in [7, 11) is -3.88. The molecule has 21 heavy (non-hydrogen) atoms. The molecule has 1 saturated carbocycles. The first kappa shape index (κ1) is 16.8. The van der Waals surface area contributed by atoms with Gasteiger partial charge in [0.05, 0.1) is 4.90 Å². The number of halogens is 3. The molecule has 0 aliphatic heterocycles. The molecule has 0 bridgehead atoms. The summed E-state index contributed by atoms with van der Waals surface area (Å²) in [5.74, 6) is -1.80. The zero-order chi connectivity index (χ0) is 15.7. The van der Waals surface area contributed by atoms with Gasteiger partial charge in [-0.1, -0.05) is 35.7 Å². The molecule has 1 aromatic rings. The minimum absolute atomic E-state index is 0.250. The lowest BCUT2D eigenvalue weighted by molar-refractivity contribution is 0.241. The van der Waals surface area contributed by atoms with Gasteiger partial charge in [0, 0.05) is 10.9 Å². The van der Waals surface area contributed by atoms with Crippen LogP contribution in [0.5, 0.6) is 0 Å². The molecule has 0 heterocycles. The maximum Gasteiger partial charge on any atom is 0.241 e. The minimum atomic E-state index is -3.88. The Bertz CT molecular complexity index is 623. The lowest BCUT2D eigenvalue weighted by atomic mass is 9.78. The molecule has 3 nitrogen and oxygen atoms in total. The van der Waals surface area contributed by atoms with Gasteiger partial charge < -0.3 is 0 Å².